The number of aliphatic carboxylic acids is 1. The summed E-state index contributed by atoms with van der Waals surface area (Å²) in [5.74, 6) is -3.07. The van der Waals surface area contributed by atoms with Crippen LogP contribution in [0.1, 0.15) is 31.7 Å². The molecule has 1 atom stereocenters. The predicted molar refractivity (Wildman–Crippen MR) is 150 cm³/mol. The van der Waals surface area contributed by atoms with Gasteiger partial charge in [0.15, 0.2) is 0 Å². The van der Waals surface area contributed by atoms with Crippen LogP contribution in [-0.2, 0) is 25.8 Å². The third-order valence-corrected chi connectivity index (χ3v) is 9.60. The summed E-state index contributed by atoms with van der Waals surface area (Å²) in [7, 11) is -4.76. The molecule has 1 unspecified atom stereocenters. The van der Waals surface area contributed by atoms with Crippen molar-refractivity contribution >= 4 is 27.6 Å². The number of carboxylic acid groups (broad SMARTS) is 1. The van der Waals surface area contributed by atoms with Crippen molar-refractivity contribution in [2.75, 3.05) is 10.8 Å². The molecule has 1 aliphatic carbocycles. The quantitative estimate of drug-likeness (QED) is 0.275. The topological polar surface area (TPSA) is 122 Å². The number of ether oxygens (including phenoxy) is 2. The Morgan fingerprint density at radius 1 is 1.09 bits per heavy atom. The second-order valence-electron chi connectivity index (χ2n) is 11.1. The molecule has 0 aromatic heterocycles. The van der Waals surface area contributed by atoms with Crippen molar-refractivity contribution in [2.45, 2.75) is 56.0 Å². The summed E-state index contributed by atoms with van der Waals surface area (Å²) in [6, 6.07) is 9.36. The Morgan fingerprint density at radius 3 is 2.43 bits per heavy atom. The lowest BCUT2D eigenvalue weighted by Crippen LogP contribution is -2.57. The number of alkyl halides is 5. The van der Waals surface area contributed by atoms with Gasteiger partial charge in [-0.3, -0.25) is 13.9 Å². The minimum absolute atomic E-state index is 0.0142. The molecule has 1 fully saturated rings. The van der Waals surface area contributed by atoms with Crippen molar-refractivity contribution < 1.29 is 58.9 Å². The van der Waals surface area contributed by atoms with Crippen LogP contribution in [0.25, 0.3) is 11.1 Å². The number of hydrogen-bond acceptors (Lipinski definition) is 6. The lowest BCUT2D eigenvalue weighted by atomic mass is 9.62. The van der Waals surface area contributed by atoms with E-state index in [4.69, 9.17) is 4.74 Å². The first-order valence-corrected chi connectivity index (χ1v) is 15.2. The van der Waals surface area contributed by atoms with Gasteiger partial charge in [-0.25, -0.2) is 12.8 Å². The van der Waals surface area contributed by atoms with E-state index < -0.39 is 74.9 Å². The van der Waals surface area contributed by atoms with E-state index in [9.17, 15) is 49.5 Å². The maximum atomic E-state index is 14.3. The number of nitrogens with zero attached hydrogens (tertiary/aromatic N) is 1. The van der Waals surface area contributed by atoms with Crippen LogP contribution in [0, 0.1) is 11.2 Å². The molecular formula is C30H26F6N2O7S. The monoisotopic (exact) mass is 672 g/mol. The van der Waals surface area contributed by atoms with Crippen LogP contribution in [0.15, 0.2) is 65.6 Å². The van der Waals surface area contributed by atoms with Crippen LogP contribution in [0.3, 0.4) is 0 Å². The molecule has 46 heavy (non-hydrogen) atoms. The Morgan fingerprint density at radius 2 is 1.80 bits per heavy atom. The lowest BCUT2D eigenvalue weighted by molar-refractivity contribution is -0.159. The van der Waals surface area contributed by atoms with Crippen LogP contribution in [0.2, 0.25) is 0 Å². The average Bonchev–Trinajstić information content (AvgIpc) is 2.93. The van der Waals surface area contributed by atoms with Crippen LogP contribution in [0.5, 0.6) is 11.5 Å². The van der Waals surface area contributed by atoms with Crippen LogP contribution in [0.4, 0.5) is 32.0 Å². The van der Waals surface area contributed by atoms with Gasteiger partial charge in [0.25, 0.3) is 10.0 Å². The molecule has 3 aromatic carbocycles. The molecule has 1 amide bonds. The van der Waals surface area contributed by atoms with Crippen molar-refractivity contribution in [3.8, 4) is 22.6 Å². The second kappa shape index (κ2) is 12.0. The Balaban J connectivity index is 1.56. The van der Waals surface area contributed by atoms with Crippen molar-refractivity contribution in [3.05, 3.63) is 72.0 Å². The molecule has 5 rings (SSSR count). The van der Waals surface area contributed by atoms with Gasteiger partial charge in [-0.15, -0.1) is 0 Å². The maximum Gasteiger partial charge on any atom is 0.416 e. The molecule has 1 saturated carbocycles. The highest BCUT2D eigenvalue weighted by atomic mass is 32.2. The molecular weight excluding hydrogens is 646 g/mol. The van der Waals surface area contributed by atoms with Crippen molar-refractivity contribution in [1.82, 2.24) is 5.32 Å². The van der Waals surface area contributed by atoms with E-state index in [1.165, 1.54) is 25.1 Å². The number of anilines is 1. The van der Waals surface area contributed by atoms with Crippen molar-refractivity contribution in [3.63, 3.8) is 0 Å². The average molecular weight is 673 g/mol. The summed E-state index contributed by atoms with van der Waals surface area (Å²) in [5, 5.41) is 12.7. The summed E-state index contributed by atoms with van der Waals surface area (Å²) in [6.45, 7) is -2.49. The highest BCUT2D eigenvalue weighted by Crippen LogP contribution is 2.48. The van der Waals surface area contributed by atoms with Gasteiger partial charge in [0.1, 0.15) is 23.4 Å². The molecule has 9 nitrogen and oxygen atoms in total. The number of carbonyl (C=O) groups excluding carboxylic acids is 1. The summed E-state index contributed by atoms with van der Waals surface area (Å²) in [4.78, 5) is 23.1. The number of hydrogen-bond donors (Lipinski definition) is 2. The number of carboxylic acids is 1. The standard InChI is InChI=1S/C30H26F6N2O7S/c1-16(39)37-21-12-29(13-21,27(40)41)14-23-15-38(46(42,43)24-4-2-3-19(10-24)30(34,35)36)25-9-17(5-6-26(25)44-23)18-7-20(31)11-22(8-18)45-28(32)33/h2-11,21,23,28H,12-15H2,1H3,(H,37,39)(H,40,41). The number of rotatable bonds is 9. The van der Waals surface area contributed by atoms with Gasteiger partial charge in [-0.1, -0.05) is 12.1 Å². The smallest absolute Gasteiger partial charge is 0.416 e. The summed E-state index contributed by atoms with van der Waals surface area (Å²) < 4.78 is 120. The number of nitrogens with one attached hydrogen (secondary N) is 1. The SMILES string of the molecule is CC(=O)NC1CC(CC2CN(S(=O)(=O)c3cccc(C(F)(F)F)c3)c3cc(-c4cc(F)cc(OC(F)F)c4)ccc3O2)(C(=O)O)C1. The normalized spacial score (nSPS) is 21.2. The Hall–Kier alpha value is -4.47. The number of fused-ring (bicyclic) bond motifs is 1. The Bertz CT molecular complexity index is 1780. The number of sulfonamides is 1. The van der Waals surface area contributed by atoms with Gasteiger partial charge >= 0.3 is 18.8 Å². The largest absolute Gasteiger partial charge is 0.486 e. The highest BCUT2D eigenvalue weighted by Gasteiger charge is 2.53. The summed E-state index contributed by atoms with van der Waals surface area (Å²) in [5.41, 5.74) is -2.63. The third kappa shape index (κ3) is 6.71. The van der Waals surface area contributed by atoms with E-state index in [1.807, 2.05) is 0 Å². The molecule has 246 valence electrons. The van der Waals surface area contributed by atoms with Gasteiger partial charge in [-0.05, 0) is 66.4 Å². The van der Waals surface area contributed by atoms with E-state index in [1.54, 1.807) is 0 Å². The van der Waals surface area contributed by atoms with E-state index in [2.05, 4.69) is 10.1 Å². The Labute approximate surface area is 258 Å². The molecule has 2 N–H and O–H groups in total. The van der Waals surface area contributed by atoms with Crippen molar-refractivity contribution in [2.24, 2.45) is 5.41 Å². The first-order chi connectivity index (χ1) is 21.5. The number of benzene rings is 3. The van der Waals surface area contributed by atoms with Crippen LogP contribution >= 0.6 is 0 Å². The first kappa shape index (κ1) is 32.9. The van der Waals surface area contributed by atoms with Gasteiger partial charge in [0.2, 0.25) is 5.91 Å². The van der Waals surface area contributed by atoms with Gasteiger partial charge < -0.3 is 19.9 Å². The number of amides is 1. The highest BCUT2D eigenvalue weighted by molar-refractivity contribution is 7.92. The molecule has 2 aliphatic rings. The van der Waals surface area contributed by atoms with E-state index >= 15 is 0 Å². The minimum Gasteiger partial charge on any atom is -0.486 e. The van der Waals surface area contributed by atoms with Crippen LogP contribution < -0.4 is 19.1 Å². The summed E-state index contributed by atoms with van der Waals surface area (Å²) in [6.07, 6.45) is -6.07. The first-order valence-electron chi connectivity index (χ1n) is 13.7. The zero-order chi connectivity index (χ0) is 33.6. The van der Waals surface area contributed by atoms with Crippen molar-refractivity contribution in [1.29, 1.82) is 0 Å². The molecule has 0 bridgehead atoms. The number of halogens is 6. The maximum absolute atomic E-state index is 14.3. The van der Waals surface area contributed by atoms with E-state index in [0.29, 0.717) is 12.1 Å². The van der Waals surface area contributed by atoms with Crippen LogP contribution in [-0.4, -0.2) is 50.7 Å². The number of carbonyl (C=O) groups is 2. The third-order valence-electron chi connectivity index (χ3n) is 7.82. The van der Waals surface area contributed by atoms with Gasteiger partial charge in [-0.2, -0.15) is 22.0 Å². The van der Waals surface area contributed by atoms with E-state index in [-0.39, 0.29) is 47.7 Å². The zero-order valence-electron chi connectivity index (χ0n) is 23.9. The molecule has 16 heteroatoms. The van der Waals surface area contributed by atoms with E-state index in [0.717, 1.165) is 34.6 Å². The fraction of sp³-hybridized carbons (Fsp3) is 0.333. The zero-order valence-corrected chi connectivity index (χ0v) is 24.7. The molecule has 0 spiro atoms. The van der Waals surface area contributed by atoms with Gasteiger partial charge in [0.05, 0.1) is 28.1 Å². The molecule has 1 aliphatic heterocycles. The molecule has 0 saturated heterocycles. The summed E-state index contributed by atoms with van der Waals surface area (Å²) >= 11 is 0. The fourth-order valence-electron chi connectivity index (χ4n) is 5.82. The van der Waals surface area contributed by atoms with Gasteiger partial charge in [0, 0.05) is 25.5 Å². The fourth-order valence-corrected chi connectivity index (χ4v) is 7.37. The Kier molecular flexibility index (Phi) is 8.61. The second-order valence-corrected chi connectivity index (χ2v) is 13.0. The lowest BCUT2D eigenvalue weighted by Gasteiger charge is -2.47. The molecule has 3 aromatic rings. The predicted octanol–water partition coefficient (Wildman–Crippen LogP) is 5.83. The minimum atomic E-state index is -4.86. The molecule has 1 heterocycles. The molecule has 0 radical (unpaired) electrons.